The van der Waals surface area contributed by atoms with Gasteiger partial charge in [0.25, 0.3) is 5.56 Å². The third-order valence-electron chi connectivity index (χ3n) is 4.64. The highest BCUT2D eigenvalue weighted by molar-refractivity contribution is 5.84. The molecule has 0 aliphatic heterocycles. The second-order valence-corrected chi connectivity index (χ2v) is 6.92. The van der Waals surface area contributed by atoms with E-state index >= 15 is 0 Å². The number of nitrogens with zero attached hydrogens (tertiary/aromatic N) is 2. The van der Waals surface area contributed by atoms with Crippen LogP contribution in [0, 0.1) is 0 Å². The number of carbonyl (C=O) groups is 1. The van der Waals surface area contributed by atoms with Crippen LogP contribution in [0.4, 0.5) is 10.5 Å². The molecular weight excluding hydrogens is 382 g/mol. The molecule has 1 amide bonds. The highest BCUT2D eigenvalue weighted by Gasteiger charge is 2.06. The standard InChI is InChI=1S/C23H25N3O4/c1-2-14-26-21(27)13-16-25(23(26)29)15-12-18-8-10-20(11-9-18)24-22(28)30-17-19-6-4-3-5-7-19/h3-11,13,16H,2,12,14-15,17H2,1H3,(H,24,28). The van der Waals surface area contributed by atoms with Crippen molar-refractivity contribution in [2.24, 2.45) is 0 Å². The van der Waals surface area contributed by atoms with Crippen molar-refractivity contribution in [3.63, 3.8) is 0 Å². The van der Waals surface area contributed by atoms with Gasteiger partial charge in [-0.25, -0.2) is 9.59 Å². The second-order valence-electron chi connectivity index (χ2n) is 6.92. The van der Waals surface area contributed by atoms with Gasteiger partial charge in [-0.1, -0.05) is 49.4 Å². The van der Waals surface area contributed by atoms with Crippen molar-refractivity contribution in [3.8, 4) is 0 Å². The Kier molecular flexibility index (Phi) is 7.21. The number of rotatable bonds is 8. The van der Waals surface area contributed by atoms with Crippen LogP contribution in [0.1, 0.15) is 24.5 Å². The van der Waals surface area contributed by atoms with E-state index in [1.165, 1.54) is 16.8 Å². The number of hydrogen-bond donors (Lipinski definition) is 1. The van der Waals surface area contributed by atoms with Crippen molar-refractivity contribution in [1.29, 1.82) is 0 Å². The Hall–Kier alpha value is -3.61. The van der Waals surface area contributed by atoms with Gasteiger partial charge in [0.15, 0.2) is 0 Å². The van der Waals surface area contributed by atoms with Gasteiger partial charge in [-0.15, -0.1) is 0 Å². The number of anilines is 1. The molecule has 0 atom stereocenters. The van der Waals surface area contributed by atoms with E-state index < -0.39 is 6.09 Å². The third kappa shape index (κ3) is 5.70. The summed E-state index contributed by atoms with van der Waals surface area (Å²) < 4.78 is 8.01. The van der Waals surface area contributed by atoms with Crippen molar-refractivity contribution >= 4 is 11.8 Å². The van der Waals surface area contributed by atoms with Gasteiger partial charge in [-0.2, -0.15) is 0 Å². The fraction of sp³-hybridized carbons (Fsp3) is 0.261. The highest BCUT2D eigenvalue weighted by Crippen LogP contribution is 2.11. The molecule has 0 unspecified atom stereocenters. The molecule has 0 saturated carbocycles. The number of aromatic nitrogens is 2. The van der Waals surface area contributed by atoms with Crippen LogP contribution in [-0.4, -0.2) is 15.2 Å². The zero-order valence-electron chi connectivity index (χ0n) is 16.9. The van der Waals surface area contributed by atoms with Crippen LogP contribution in [0.5, 0.6) is 0 Å². The molecule has 0 spiro atoms. The summed E-state index contributed by atoms with van der Waals surface area (Å²) in [6.45, 7) is 3.02. The first-order valence-electron chi connectivity index (χ1n) is 9.93. The molecule has 0 bridgehead atoms. The highest BCUT2D eigenvalue weighted by atomic mass is 16.5. The smallest absolute Gasteiger partial charge is 0.411 e. The fourth-order valence-electron chi connectivity index (χ4n) is 3.04. The van der Waals surface area contributed by atoms with Gasteiger partial charge < -0.3 is 9.30 Å². The number of hydrogen-bond acceptors (Lipinski definition) is 4. The summed E-state index contributed by atoms with van der Waals surface area (Å²) in [5, 5.41) is 2.70. The van der Waals surface area contributed by atoms with E-state index in [4.69, 9.17) is 4.74 Å². The van der Waals surface area contributed by atoms with Gasteiger partial charge in [0, 0.05) is 31.0 Å². The molecule has 1 heterocycles. The lowest BCUT2D eigenvalue weighted by molar-refractivity contribution is 0.155. The van der Waals surface area contributed by atoms with Gasteiger partial charge in [0.1, 0.15) is 6.61 Å². The van der Waals surface area contributed by atoms with Crippen molar-refractivity contribution in [2.75, 3.05) is 5.32 Å². The lowest BCUT2D eigenvalue weighted by Crippen LogP contribution is -2.39. The molecule has 0 radical (unpaired) electrons. The minimum absolute atomic E-state index is 0.208. The summed E-state index contributed by atoms with van der Waals surface area (Å²) in [6.07, 6.45) is 2.37. The van der Waals surface area contributed by atoms with Crippen LogP contribution in [0.15, 0.2) is 76.4 Å². The number of aryl methyl sites for hydroxylation is 2. The van der Waals surface area contributed by atoms with E-state index in [9.17, 15) is 14.4 Å². The Morgan fingerprint density at radius 2 is 1.67 bits per heavy atom. The molecular formula is C23H25N3O4. The monoisotopic (exact) mass is 407 g/mol. The number of benzene rings is 2. The molecule has 3 aromatic rings. The Balaban J connectivity index is 1.53. The second kappa shape index (κ2) is 10.2. The molecule has 2 aromatic carbocycles. The Bertz CT molecular complexity index is 1090. The first kappa shape index (κ1) is 21.1. The van der Waals surface area contributed by atoms with Gasteiger partial charge in [-0.3, -0.25) is 14.7 Å². The summed E-state index contributed by atoms with van der Waals surface area (Å²) in [6, 6.07) is 18.3. The molecule has 7 nitrogen and oxygen atoms in total. The minimum atomic E-state index is -0.517. The van der Waals surface area contributed by atoms with Crippen LogP contribution in [-0.2, 0) is 30.9 Å². The van der Waals surface area contributed by atoms with Gasteiger partial charge >= 0.3 is 11.8 Å². The first-order valence-corrected chi connectivity index (χ1v) is 9.93. The zero-order chi connectivity index (χ0) is 21.3. The zero-order valence-corrected chi connectivity index (χ0v) is 16.9. The predicted molar refractivity (Wildman–Crippen MR) is 116 cm³/mol. The molecule has 0 fully saturated rings. The maximum Gasteiger partial charge on any atom is 0.411 e. The number of amides is 1. The minimum Gasteiger partial charge on any atom is -0.444 e. The summed E-state index contributed by atoms with van der Waals surface area (Å²) in [5.74, 6) is 0. The number of ether oxygens (including phenoxy) is 1. The quantitative estimate of drug-likeness (QED) is 0.620. The summed E-state index contributed by atoms with van der Waals surface area (Å²) in [4.78, 5) is 36.2. The SMILES string of the molecule is CCCn1c(=O)ccn(CCc2ccc(NC(=O)OCc3ccccc3)cc2)c1=O. The summed E-state index contributed by atoms with van der Waals surface area (Å²) in [7, 11) is 0. The maximum atomic E-state index is 12.4. The molecule has 1 aromatic heterocycles. The molecule has 1 N–H and O–H groups in total. The molecule has 30 heavy (non-hydrogen) atoms. The van der Waals surface area contributed by atoms with Gasteiger partial charge in [0.05, 0.1) is 0 Å². The van der Waals surface area contributed by atoms with Gasteiger partial charge in [0.2, 0.25) is 0 Å². The summed E-state index contributed by atoms with van der Waals surface area (Å²) >= 11 is 0. The molecule has 0 aliphatic carbocycles. The van der Waals surface area contributed by atoms with Crippen LogP contribution < -0.4 is 16.6 Å². The van der Waals surface area contributed by atoms with E-state index in [-0.39, 0.29) is 17.9 Å². The van der Waals surface area contributed by atoms with E-state index in [0.29, 0.717) is 25.2 Å². The Labute approximate surface area is 174 Å². The average Bonchev–Trinajstić information content (AvgIpc) is 2.76. The predicted octanol–water partition coefficient (Wildman–Crippen LogP) is 3.41. The van der Waals surface area contributed by atoms with Crippen molar-refractivity contribution < 1.29 is 9.53 Å². The summed E-state index contributed by atoms with van der Waals surface area (Å²) in [5.41, 5.74) is 2.00. The van der Waals surface area contributed by atoms with Crippen LogP contribution >= 0.6 is 0 Å². The van der Waals surface area contributed by atoms with Crippen LogP contribution in [0.3, 0.4) is 0 Å². The van der Waals surface area contributed by atoms with Crippen molar-refractivity contribution in [2.45, 2.75) is 39.5 Å². The first-order chi connectivity index (χ1) is 14.6. The van der Waals surface area contributed by atoms with E-state index in [2.05, 4.69) is 5.32 Å². The maximum absolute atomic E-state index is 12.4. The van der Waals surface area contributed by atoms with Crippen LogP contribution in [0.2, 0.25) is 0 Å². The van der Waals surface area contributed by atoms with E-state index in [1.54, 1.807) is 16.7 Å². The van der Waals surface area contributed by atoms with Gasteiger partial charge in [-0.05, 0) is 36.1 Å². The van der Waals surface area contributed by atoms with E-state index in [1.807, 2.05) is 49.4 Å². The lowest BCUT2D eigenvalue weighted by Gasteiger charge is -2.10. The molecule has 3 rings (SSSR count). The Morgan fingerprint density at radius 3 is 2.37 bits per heavy atom. The normalized spacial score (nSPS) is 10.6. The lowest BCUT2D eigenvalue weighted by atomic mass is 10.1. The largest absolute Gasteiger partial charge is 0.444 e. The van der Waals surface area contributed by atoms with Crippen molar-refractivity contribution in [1.82, 2.24) is 9.13 Å². The Morgan fingerprint density at radius 1 is 0.933 bits per heavy atom. The van der Waals surface area contributed by atoms with Crippen molar-refractivity contribution in [3.05, 3.63) is 98.8 Å². The topological polar surface area (TPSA) is 82.3 Å². The average molecular weight is 407 g/mol. The fourth-order valence-corrected chi connectivity index (χ4v) is 3.04. The molecule has 7 heteroatoms. The third-order valence-corrected chi connectivity index (χ3v) is 4.64. The molecule has 0 aliphatic rings. The van der Waals surface area contributed by atoms with E-state index in [0.717, 1.165) is 17.5 Å². The molecule has 156 valence electrons. The van der Waals surface area contributed by atoms with Crippen LogP contribution in [0.25, 0.3) is 0 Å². The number of carbonyl (C=O) groups excluding carboxylic acids is 1. The molecule has 0 saturated heterocycles. The number of nitrogens with one attached hydrogen (secondary N) is 1.